The predicted molar refractivity (Wildman–Crippen MR) is 73.3 cm³/mol. The van der Waals surface area contributed by atoms with Crippen LogP contribution in [0.5, 0.6) is 5.75 Å². The number of carbonyl (C=O) groups excluding carboxylic acids is 1. The lowest BCUT2D eigenvalue weighted by Crippen LogP contribution is -2.13. The normalized spacial score (nSPS) is 10.4. The second kappa shape index (κ2) is 6.69. The van der Waals surface area contributed by atoms with E-state index in [-0.39, 0.29) is 12.3 Å². The Labute approximate surface area is 120 Å². The standard InChI is InChI=1S/C15H13F2NO3/c16-14(17)12-8-11(6-7-13(12)19)18-15(20)21-9-10-4-2-1-3-5-10/h1-8,14,19H,9H2,(H,18,20). The van der Waals surface area contributed by atoms with Crippen molar-refractivity contribution in [1.82, 2.24) is 0 Å². The van der Waals surface area contributed by atoms with Crippen LogP contribution in [0.2, 0.25) is 0 Å². The largest absolute Gasteiger partial charge is 0.507 e. The van der Waals surface area contributed by atoms with Gasteiger partial charge in [-0.15, -0.1) is 0 Å². The Hall–Kier alpha value is -2.63. The minimum Gasteiger partial charge on any atom is -0.507 e. The highest BCUT2D eigenvalue weighted by molar-refractivity contribution is 5.84. The van der Waals surface area contributed by atoms with Gasteiger partial charge in [-0.3, -0.25) is 5.32 Å². The van der Waals surface area contributed by atoms with E-state index in [1.165, 1.54) is 6.07 Å². The van der Waals surface area contributed by atoms with Crippen molar-refractivity contribution >= 4 is 11.8 Å². The first kappa shape index (κ1) is 14.8. The van der Waals surface area contributed by atoms with Gasteiger partial charge in [0.2, 0.25) is 0 Å². The van der Waals surface area contributed by atoms with Crippen LogP contribution in [-0.2, 0) is 11.3 Å². The third kappa shape index (κ3) is 4.17. The van der Waals surface area contributed by atoms with Crippen LogP contribution in [-0.4, -0.2) is 11.2 Å². The molecule has 0 aromatic heterocycles. The zero-order valence-electron chi connectivity index (χ0n) is 10.9. The molecule has 4 nitrogen and oxygen atoms in total. The molecule has 21 heavy (non-hydrogen) atoms. The third-order valence-corrected chi connectivity index (χ3v) is 2.72. The van der Waals surface area contributed by atoms with E-state index in [1.54, 1.807) is 12.1 Å². The summed E-state index contributed by atoms with van der Waals surface area (Å²) in [6.45, 7) is 0.0759. The minimum atomic E-state index is -2.83. The number of aromatic hydroxyl groups is 1. The number of phenolic OH excluding ortho intramolecular Hbond substituents is 1. The van der Waals surface area contributed by atoms with Crippen molar-refractivity contribution < 1.29 is 23.4 Å². The maximum absolute atomic E-state index is 12.6. The lowest BCUT2D eigenvalue weighted by atomic mass is 10.2. The third-order valence-electron chi connectivity index (χ3n) is 2.72. The summed E-state index contributed by atoms with van der Waals surface area (Å²) in [7, 11) is 0. The predicted octanol–water partition coefficient (Wildman–Crippen LogP) is 4.08. The topological polar surface area (TPSA) is 58.6 Å². The number of benzene rings is 2. The lowest BCUT2D eigenvalue weighted by Gasteiger charge is -2.09. The van der Waals surface area contributed by atoms with E-state index in [9.17, 15) is 18.7 Å². The maximum Gasteiger partial charge on any atom is 0.411 e. The van der Waals surface area contributed by atoms with Crippen LogP contribution in [0.25, 0.3) is 0 Å². The molecule has 0 aliphatic rings. The molecule has 0 saturated carbocycles. The Bertz CT molecular complexity index is 618. The summed E-state index contributed by atoms with van der Waals surface area (Å²) in [4.78, 5) is 11.6. The number of ether oxygens (including phenoxy) is 1. The Morgan fingerprint density at radius 1 is 1.19 bits per heavy atom. The van der Waals surface area contributed by atoms with Crippen LogP contribution in [0.3, 0.4) is 0 Å². The van der Waals surface area contributed by atoms with Gasteiger partial charge in [-0.25, -0.2) is 13.6 Å². The molecule has 0 radical (unpaired) electrons. The molecule has 2 aromatic carbocycles. The van der Waals surface area contributed by atoms with Gasteiger partial charge in [0.15, 0.2) is 0 Å². The van der Waals surface area contributed by atoms with Crippen molar-refractivity contribution in [3.05, 3.63) is 59.7 Å². The van der Waals surface area contributed by atoms with Gasteiger partial charge >= 0.3 is 6.09 Å². The van der Waals surface area contributed by atoms with Gasteiger partial charge in [0.1, 0.15) is 12.4 Å². The number of hydrogen-bond acceptors (Lipinski definition) is 3. The van der Waals surface area contributed by atoms with E-state index >= 15 is 0 Å². The summed E-state index contributed by atoms with van der Waals surface area (Å²) in [6.07, 6.45) is -3.59. The number of nitrogens with one attached hydrogen (secondary N) is 1. The lowest BCUT2D eigenvalue weighted by molar-refractivity contribution is 0.147. The zero-order valence-corrected chi connectivity index (χ0v) is 10.9. The molecule has 1 amide bonds. The summed E-state index contributed by atoms with van der Waals surface area (Å²) >= 11 is 0. The fraction of sp³-hybridized carbons (Fsp3) is 0.133. The molecule has 6 heteroatoms. The first-order valence-electron chi connectivity index (χ1n) is 6.15. The van der Waals surface area contributed by atoms with Crippen molar-refractivity contribution in [3.8, 4) is 5.75 Å². The molecule has 0 fully saturated rings. The van der Waals surface area contributed by atoms with Crippen LogP contribution in [0, 0.1) is 0 Å². The summed E-state index contributed by atoms with van der Waals surface area (Å²) in [5.41, 5.74) is 0.392. The molecule has 0 aliphatic heterocycles. The number of hydrogen-bond donors (Lipinski definition) is 2. The Kier molecular flexibility index (Phi) is 4.71. The van der Waals surface area contributed by atoms with Crippen LogP contribution in [0.1, 0.15) is 17.6 Å². The molecule has 0 heterocycles. The number of rotatable bonds is 4. The Morgan fingerprint density at radius 3 is 2.57 bits per heavy atom. The fourth-order valence-corrected chi connectivity index (χ4v) is 1.68. The molecule has 0 atom stereocenters. The summed E-state index contributed by atoms with van der Waals surface area (Å²) in [5.74, 6) is -0.520. The Balaban J connectivity index is 1.95. The van der Waals surface area contributed by atoms with Gasteiger partial charge in [-0.2, -0.15) is 0 Å². The van der Waals surface area contributed by atoms with E-state index in [0.717, 1.165) is 17.7 Å². The quantitative estimate of drug-likeness (QED) is 0.835. The van der Waals surface area contributed by atoms with E-state index in [0.29, 0.717) is 0 Å². The van der Waals surface area contributed by atoms with Crippen molar-refractivity contribution in [2.45, 2.75) is 13.0 Å². The maximum atomic E-state index is 12.6. The second-order valence-electron chi connectivity index (χ2n) is 4.26. The average Bonchev–Trinajstić information content (AvgIpc) is 2.48. The SMILES string of the molecule is O=C(Nc1ccc(O)c(C(F)F)c1)OCc1ccccc1. The van der Waals surface area contributed by atoms with Crippen LogP contribution in [0.4, 0.5) is 19.3 Å². The van der Waals surface area contributed by atoms with Crippen LogP contribution in [0.15, 0.2) is 48.5 Å². The number of amides is 1. The molecule has 2 rings (SSSR count). The summed E-state index contributed by atoms with van der Waals surface area (Å²) in [5, 5.41) is 11.6. The first-order chi connectivity index (χ1) is 10.1. The number of carbonyl (C=O) groups is 1. The molecule has 0 aliphatic carbocycles. The van der Waals surface area contributed by atoms with Gasteiger partial charge in [-0.1, -0.05) is 30.3 Å². The number of halogens is 2. The van der Waals surface area contributed by atoms with E-state index in [4.69, 9.17) is 4.74 Å². The minimum absolute atomic E-state index is 0.0759. The van der Waals surface area contributed by atoms with Gasteiger partial charge in [0.25, 0.3) is 6.43 Å². The number of alkyl halides is 2. The number of anilines is 1. The molecular formula is C15H13F2NO3. The monoisotopic (exact) mass is 293 g/mol. The van der Waals surface area contributed by atoms with E-state index in [1.807, 2.05) is 18.2 Å². The van der Waals surface area contributed by atoms with E-state index in [2.05, 4.69) is 5.32 Å². The van der Waals surface area contributed by atoms with Gasteiger partial charge in [0, 0.05) is 5.69 Å². The molecular weight excluding hydrogens is 280 g/mol. The summed E-state index contributed by atoms with van der Waals surface area (Å²) < 4.78 is 30.2. The Morgan fingerprint density at radius 2 is 1.90 bits per heavy atom. The highest BCUT2D eigenvalue weighted by Gasteiger charge is 2.14. The fourth-order valence-electron chi connectivity index (χ4n) is 1.68. The molecule has 2 aromatic rings. The summed E-state index contributed by atoms with van der Waals surface area (Å²) in [6, 6.07) is 12.5. The molecule has 0 bridgehead atoms. The second-order valence-corrected chi connectivity index (χ2v) is 4.26. The van der Waals surface area contributed by atoms with Crippen molar-refractivity contribution in [1.29, 1.82) is 0 Å². The van der Waals surface area contributed by atoms with Crippen molar-refractivity contribution in [2.24, 2.45) is 0 Å². The molecule has 110 valence electrons. The van der Waals surface area contributed by atoms with Crippen molar-refractivity contribution in [2.75, 3.05) is 5.32 Å². The molecule has 2 N–H and O–H groups in total. The van der Waals surface area contributed by atoms with Crippen LogP contribution < -0.4 is 5.32 Å². The first-order valence-corrected chi connectivity index (χ1v) is 6.15. The van der Waals surface area contributed by atoms with E-state index < -0.39 is 23.8 Å². The molecule has 0 saturated heterocycles. The van der Waals surface area contributed by atoms with Crippen molar-refractivity contribution in [3.63, 3.8) is 0 Å². The highest BCUT2D eigenvalue weighted by Crippen LogP contribution is 2.30. The number of phenols is 1. The zero-order chi connectivity index (χ0) is 15.2. The van der Waals surface area contributed by atoms with Gasteiger partial charge in [-0.05, 0) is 23.8 Å². The van der Waals surface area contributed by atoms with Crippen LogP contribution >= 0.6 is 0 Å². The van der Waals surface area contributed by atoms with Gasteiger partial charge < -0.3 is 9.84 Å². The highest BCUT2D eigenvalue weighted by atomic mass is 19.3. The smallest absolute Gasteiger partial charge is 0.411 e. The molecule has 0 spiro atoms. The van der Waals surface area contributed by atoms with Gasteiger partial charge in [0.05, 0.1) is 5.56 Å². The molecule has 0 unspecified atom stereocenters. The average molecular weight is 293 g/mol.